The number of thioether (sulfide) groups is 1. The fraction of sp³-hybridized carbons (Fsp3) is 0.190. The molecule has 1 N–H and O–H groups in total. The molecule has 5 nitrogen and oxygen atoms in total. The summed E-state index contributed by atoms with van der Waals surface area (Å²) in [7, 11) is 0. The molecule has 3 aromatic rings. The van der Waals surface area contributed by atoms with Crippen molar-refractivity contribution in [2.24, 2.45) is 0 Å². The van der Waals surface area contributed by atoms with Crippen LogP contribution >= 0.6 is 11.8 Å². The van der Waals surface area contributed by atoms with Gasteiger partial charge in [0.15, 0.2) is 11.0 Å². The predicted molar refractivity (Wildman–Crippen MR) is 109 cm³/mol. The van der Waals surface area contributed by atoms with Crippen LogP contribution in [0.1, 0.15) is 5.56 Å². The van der Waals surface area contributed by atoms with Crippen LogP contribution in [-0.4, -0.2) is 33.0 Å². The summed E-state index contributed by atoms with van der Waals surface area (Å²) in [5.74, 6) is 0.650. The summed E-state index contributed by atoms with van der Waals surface area (Å²) >= 11 is 1.34. The average molecular weight is 396 g/mol. The molecule has 0 fully saturated rings. The average Bonchev–Trinajstić information content (AvgIpc) is 3.11. The first kappa shape index (κ1) is 19.8. The molecule has 1 aromatic heterocycles. The Morgan fingerprint density at radius 3 is 2.61 bits per heavy atom. The number of carbonyl (C=O) groups excluding carboxylic acids is 1. The van der Waals surface area contributed by atoms with Gasteiger partial charge in [0.25, 0.3) is 0 Å². The number of benzene rings is 2. The number of allylic oxidation sites excluding steroid dienone is 1. The number of rotatable bonds is 9. The lowest BCUT2D eigenvalue weighted by Crippen LogP contribution is -2.27. The van der Waals surface area contributed by atoms with Crippen LogP contribution < -0.4 is 5.32 Å². The second-order valence-corrected chi connectivity index (χ2v) is 7.03. The second kappa shape index (κ2) is 9.85. The molecule has 0 saturated heterocycles. The minimum absolute atomic E-state index is 0.0819. The Morgan fingerprint density at radius 1 is 1.14 bits per heavy atom. The van der Waals surface area contributed by atoms with Gasteiger partial charge in [-0.15, -0.1) is 16.8 Å². The van der Waals surface area contributed by atoms with E-state index in [9.17, 15) is 9.18 Å². The van der Waals surface area contributed by atoms with Crippen LogP contribution in [0.25, 0.3) is 11.4 Å². The summed E-state index contributed by atoms with van der Waals surface area (Å²) in [6.07, 6.45) is 2.43. The molecular weight excluding hydrogens is 375 g/mol. The number of amides is 1. The molecule has 0 spiro atoms. The summed E-state index contributed by atoms with van der Waals surface area (Å²) in [6, 6.07) is 16.1. The van der Waals surface area contributed by atoms with Gasteiger partial charge in [-0.05, 0) is 24.1 Å². The van der Waals surface area contributed by atoms with Gasteiger partial charge in [0, 0.05) is 18.7 Å². The summed E-state index contributed by atoms with van der Waals surface area (Å²) < 4.78 is 14.8. The van der Waals surface area contributed by atoms with E-state index in [0.29, 0.717) is 24.7 Å². The molecular formula is C21H21FN4OS. The van der Waals surface area contributed by atoms with Crippen molar-refractivity contribution < 1.29 is 9.18 Å². The van der Waals surface area contributed by atoms with E-state index in [0.717, 1.165) is 17.0 Å². The molecule has 3 rings (SSSR count). The molecule has 1 heterocycles. The van der Waals surface area contributed by atoms with Crippen molar-refractivity contribution in [2.45, 2.75) is 18.1 Å². The van der Waals surface area contributed by atoms with Crippen LogP contribution in [0.3, 0.4) is 0 Å². The van der Waals surface area contributed by atoms with Gasteiger partial charge in [-0.25, -0.2) is 4.39 Å². The van der Waals surface area contributed by atoms with Crippen LogP contribution in [0.5, 0.6) is 0 Å². The van der Waals surface area contributed by atoms with E-state index < -0.39 is 0 Å². The van der Waals surface area contributed by atoms with Crippen LogP contribution in [0, 0.1) is 5.82 Å². The van der Waals surface area contributed by atoms with E-state index in [2.05, 4.69) is 22.1 Å². The van der Waals surface area contributed by atoms with Crippen molar-refractivity contribution in [1.29, 1.82) is 0 Å². The molecule has 2 aromatic carbocycles. The lowest BCUT2D eigenvalue weighted by molar-refractivity contribution is -0.118. The number of hydrogen-bond acceptors (Lipinski definition) is 4. The van der Waals surface area contributed by atoms with Crippen molar-refractivity contribution in [1.82, 2.24) is 20.1 Å². The third-order valence-corrected chi connectivity index (χ3v) is 5.01. The van der Waals surface area contributed by atoms with Crippen molar-refractivity contribution in [3.63, 3.8) is 0 Å². The second-order valence-electron chi connectivity index (χ2n) is 6.09. The van der Waals surface area contributed by atoms with Gasteiger partial charge < -0.3 is 5.32 Å². The first-order valence-corrected chi connectivity index (χ1v) is 9.89. The molecule has 1 amide bonds. The SMILES string of the molecule is C=CCn1c(SCC(=O)NCCc2ccc(F)cc2)nnc1-c1ccccc1. The van der Waals surface area contributed by atoms with Crippen LogP contribution in [0.15, 0.2) is 72.4 Å². The number of carbonyl (C=O) groups is 1. The quantitative estimate of drug-likeness (QED) is 0.442. The zero-order chi connectivity index (χ0) is 19.8. The Hall–Kier alpha value is -2.93. The summed E-state index contributed by atoms with van der Waals surface area (Å²) in [6.45, 7) is 4.85. The van der Waals surface area contributed by atoms with E-state index in [1.165, 1.54) is 23.9 Å². The number of nitrogens with zero attached hydrogens (tertiary/aromatic N) is 3. The van der Waals surface area contributed by atoms with Gasteiger partial charge in [-0.1, -0.05) is 60.3 Å². The number of aromatic nitrogens is 3. The monoisotopic (exact) mass is 396 g/mol. The molecule has 0 unspecified atom stereocenters. The third-order valence-electron chi connectivity index (χ3n) is 4.04. The zero-order valence-electron chi connectivity index (χ0n) is 15.3. The molecule has 0 aliphatic heterocycles. The van der Waals surface area contributed by atoms with Gasteiger partial charge in [0.1, 0.15) is 5.82 Å². The highest BCUT2D eigenvalue weighted by Gasteiger charge is 2.14. The van der Waals surface area contributed by atoms with E-state index in [-0.39, 0.29) is 17.5 Å². The topological polar surface area (TPSA) is 59.8 Å². The Morgan fingerprint density at radius 2 is 1.89 bits per heavy atom. The lowest BCUT2D eigenvalue weighted by Gasteiger charge is -2.08. The predicted octanol–water partition coefficient (Wildman–Crippen LogP) is 3.72. The molecule has 0 atom stereocenters. The highest BCUT2D eigenvalue weighted by atomic mass is 32.2. The van der Waals surface area contributed by atoms with E-state index in [4.69, 9.17) is 0 Å². The van der Waals surface area contributed by atoms with Crippen LogP contribution in [0.2, 0.25) is 0 Å². The molecule has 0 saturated carbocycles. The molecule has 144 valence electrons. The fourth-order valence-electron chi connectivity index (χ4n) is 2.67. The first-order chi connectivity index (χ1) is 13.7. The molecule has 0 radical (unpaired) electrons. The number of halogens is 1. The van der Waals surface area contributed by atoms with Crippen molar-refractivity contribution >= 4 is 17.7 Å². The number of nitrogens with one attached hydrogen (secondary N) is 1. The van der Waals surface area contributed by atoms with Crippen molar-refractivity contribution in [2.75, 3.05) is 12.3 Å². The smallest absolute Gasteiger partial charge is 0.230 e. The Kier molecular flexibility index (Phi) is 6.97. The molecule has 0 bridgehead atoms. The minimum Gasteiger partial charge on any atom is -0.355 e. The highest BCUT2D eigenvalue weighted by Crippen LogP contribution is 2.23. The number of hydrogen-bond donors (Lipinski definition) is 1. The molecule has 0 aliphatic rings. The summed E-state index contributed by atoms with van der Waals surface area (Å²) in [4.78, 5) is 12.1. The highest BCUT2D eigenvalue weighted by molar-refractivity contribution is 7.99. The largest absolute Gasteiger partial charge is 0.355 e. The van der Waals surface area contributed by atoms with E-state index in [1.807, 2.05) is 34.9 Å². The van der Waals surface area contributed by atoms with Gasteiger partial charge in [0.2, 0.25) is 5.91 Å². The van der Waals surface area contributed by atoms with Gasteiger partial charge in [-0.3, -0.25) is 9.36 Å². The zero-order valence-corrected chi connectivity index (χ0v) is 16.2. The first-order valence-electron chi connectivity index (χ1n) is 8.91. The van der Waals surface area contributed by atoms with Gasteiger partial charge >= 0.3 is 0 Å². The van der Waals surface area contributed by atoms with Crippen LogP contribution in [-0.2, 0) is 17.8 Å². The van der Waals surface area contributed by atoms with Crippen molar-refractivity contribution in [3.05, 3.63) is 78.6 Å². The van der Waals surface area contributed by atoms with Crippen molar-refractivity contribution in [3.8, 4) is 11.4 Å². The maximum Gasteiger partial charge on any atom is 0.230 e. The Bertz CT molecular complexity index is 925. The van der Waals surface area contributed by atoms with Gasteiger partial charge in [0.05, 0.1) is 5.75 Å². The maximum atomic E-state index is 12.9. The normalized spacial score (nSPS) is 10.6. The minimum atomic E-state index is -0.261. The van der Waals surface area contributed by atoms with Gasteiger partial charge in [-0.2, -0.15) is 0 Å². The molecule has 0 aliphatic carbocycles. The summed E-state index contributed by atoms with van der Waals surface area (Å²) in [5.41, 5.74) is 1.94. The third kappa shape index (κ3) is 5.29. The van der Waals surface area contributed by atoms with E-state index >= 15 is 0 Å². The Balaban J connectivity index is 1.55. The lowest BCUT2D eigenvalue weighted by atomic mass is 10.1. The fourth-order valence-corrected chi connectivity index (χ4v) is 3.45. The molecule has 28 heavy (non-hydrogen) atoms. The Labute approximate surface area is 167 Å². The van der Waals surface area contributed by atoms with Crippen LogP contribution in [0.4, 0.5) is 4.39 Å². The maximum absolute atomic E-state index is 12.9. The standard InChI is InChI=1S/C21H21FN4OS/c1-2-14-26-20(17-6-4-3-5-7-17)24-25-21(26)28-15-19(27)23-13-12-16-8-10-18(22)11-9-16/h2-11H,1,12-15H2,(H,23,27). The van der Waals surface area contributed by atoms with E-state index in [1.54, 1.807) is 18.2 Å². The molecule has 7 heteroatoms. The summed E-state index contributed by atoms with van der Waals surface area (Å²) in [5, 5.41) is 12.1.